The van der Waals surface area contributed by atoms with Crippen LogP contribution in [0.4, 0.5) is 10.1 Å². The summed E-state index contributed by atoms with van der Waals surface area (Å²) in [6, 6.07) is 3.65. The summed E-state index contributed by atoms with van der Waals surface area (Å²) >= 11 is 0. The quantitative estimate of drug-likeness (QED) is 0.658. The van der Waals surface area contributed by atoms with Crippen LogP contribution < -0.4 is 5.73 Å². The van der Waals surface area contributed by atoms with Gasteiger partial charge in [-0.25, -0.2) is 9.18 Å². The number of hydrogen-bond donors (Lipinski definition) is 1. The molecule has 0 bridgehead atoms. The van der Waals surface area contributed by atoms with E-state index >= 15 is 0 Å². The zero-order chi connectivity index (χ0) is 13.8. The van der Waals surface area contributed by atoms with Crippen LogP contribution in [0.3, 0.4) is 0 Å². The van der Waals surface area contributed by atoms with Gasteiger partial charge in [-0.15, -0.1) is 0 Å². The number of amides is 1. The third-order valence-electron chi connectivity index (χ3n) is 3.02. The number of nitrogens with two attached hydrogens (primary N) is 1. The maximum atomic E-state index is 13.2. The zero-order valence-electron chi connectivity index (χ0n) is 10.4. The number of ether oxygens (including phenoxy) is 1. The fourth-order valence-electron chi connectivity index (χ4n) is 1.92. The smallest absolute Gasteiger partial charge is 0.338 e. The Balaban J connectivity index is 1.90. The number of likely N-dealkylation sites (tertiary alicyclic amines) is 1. The summed E-state index contributed by atoms with van der Waals surface area (Å²) < 4.78 is 18.0. The van der Waals surface area contributed by atoms with Crippen molar-refractivity contribution in [3.05, 3.63) is 29.6 Å². The summed E-state index contributed by atoms with van der Waals surface area (Å²) in [5.41, 5.74) is 5.31. The molecular formula is C13H15FN2O3. The standard InChI is InChI=1S/C13H15FN2O3/c14-10-7-9(3-4-11(10)15)13(18)19-8-12(17)16-5-1-2-6-16/h3-4,7H,1-2,5-6,8,15H2. The second kappa shape index (κ2) is 5.69. The molecule has 1 aromatic rings. The topological polar surface area (TPSA) is 72.6 Å². The summed E-state index contributed by atoms with van der Waals surface area (Å²) in [6.07, 6.45) is 1.95. The van der Waals surface area contributed by atoms with Crippen molar-refractivity contribution in [2.24, 2.45) is 0 Å². The number of nitrogen functional groups attached to an aromatic ring is 1. The molecule has 0 saturated carbocycles. The highest BCUT2D eigenvalue weighted by atomic mass is 19.1. The van der Waals surface area contributed by atoms with Gasteiger partial charge in [0.15, 0.2) is 6.61 Å². The molecule has 0 spiro atoms. The average Bonchev–Trinajstić information content (AvgIpc) is 2.92. The number of rotatable bonds is 3. The first-order chi connectivity index (χ1) is 9.08. The molecule has 6 heteroatoms. The van der Waals surface area contributed by atoms with Gasteiger partial charge in [0.1, 0.15) is 5.82 Å². The van der Waals surface area contributed by atoms with E-state index in [1.54, 1.807) is 4.90 Å². The molecule has 0 radical (unpaired) electrons. The van der Waals surface area contributed by atoms with Crippen LogP contribution in [-0.2, 0) is 9.53 Å². The summed E-state index contributed by atoms with van der Waals surface area (Å²) in [7, 11) is 0. The van der Waals surface area contributed by atoms with Gasteiger partial charge >= 0.3 is 5.97 Å². The van der Waals surface area contributed by atoms with Gasteiger partial charge < -0.3 is 15.4 Å². The Morgan fingerprint density at radius 3 is 2.63 bits per heavy atom. The summed E-state index contributed by atoms with van der Waals surface area (Å²) in [5.74, 6) is -1.63. The van der Waals surface area contributed by atoms with Crippen LogP contribution in [-0.4, -0.2) is 36.5 Å². The van der Waals surface area contributed by atoms with Crippen LogP contribution in [0.25, 0.3) is 0 Å². The molecule has 2 N–H and O–H groups in total. The van der Waals surface area contributed by atoms with Gasteiger partial charge in [-0.3, -0.25) is 4.79 Å². The Kier molecular flexibility index (Phi) is 3.99. The van der Waals surface area contributed by atoms with Gasteiger partial charge in [0.2, 0.25) is 0 Å². The van der Waals surface area contributed by atoms with Crippen molar-refractivity contribution in [1.29, 1.82) is 0 Å². The first-order valence-electron chi connectivity index (χ1n) is 6.08. The van der Waals surface area contributed by atoms with E-state index in [9.17, 15) is 14.0 Å². The number of hydrogen-bond acceptors (Lipinski definition) is 4. The molecule has 0 aliphatic carbocycles. The number of nitrogens with zero attached hydrogens (tertiary/aromatic N) is 1. The minimum absolute atomic E-state index is 0.0373. The first kappa shape index (κ1) is 13.3. The molecule has 1 aliphatic heterocycles. The molecule has 0 aromatic heterocycles. The van der Waals surface area contributed by atoms with Crippen LogP contribution in [0, 0.1) is 5.82 Å². The molecule has 1 saturated heterocycles. The van der Waals surface area contributed by atoms with Crippen LogP contribution in [0.5, 0.6) is 0 Å². The monoisotopic (exact) mass is 266 g/mol. The maximum Gasteiger partial charge on any atom is 0.338 e. The predicted octanol–water partition coefficient (Wildman–Crippen LogP) is 1.19. The van der Waals surface area contributed by atoms with Crippen molar-refractivity contribution >= 4 is 17.6 Å². The molecule has 2 rings (SSSR count). The lowest BCUT2D eigenvalue weighted by Gasteiger charge is -2.14. The summed E-state index contributed by atoms with van der Waals surface area (Å²) in [4.78, 5) is 24.9. The fraction of sp³-hybridized carbons (Fsp3) is 0.385. The van der Waals surface area contributed by atoms with E-state index in [4.69, 9.17) is 10.5 Å². The molecule has 5 nitrogen and oxygen atoms in total. The van der Waals surface area contributed by atoms with E-state index < -0.39 is 11.8 Å². The number of esters is 1. The third kappa shape index (κ3) is 3.21. The van der Waals surface area contributed by atoms with Crippen molar-refractivity contribution in [3.8, 4) is 0 Å². The summed E-state index contributed by atoms with van der Waals surface area (Å²) in [5, 5.41) is 0. The van der Waals surface area contributed by atoms with Gasteiger partial charge in [0.25, 0.3) is 5.91 Å². The third-order valence-corrected chi connectivity index (χ3v) is 3.02. The van der Waals surface area contributed by atoms with E-state index in [-0.39, 0.29) is 23.8 Å². The molecule has 0 atom stereocenters. The van der Waals surface area contributed by atoms with E-state index in [1.165, 1.54) is 12.1 Å². The molecule has 19 heavy (non-hydrogen) atoms. The van der Waals surface area contributed by atoms with Gasteiger partial charge in [0.05, 0.1) is 11.3 Å². The fourth-order valence-corrected chi connectivity index (χ4v) is 1.92. The number of halogens is 1. The Hall–Kier alpha value is -2.11. The predicted molar refractivity (Wildman–Crippen MR) is 66.9 cm³/mol. The maximum absolute atomic E-state index is 13.2. The van der Waals surface area contributed by atoms with E-state index in [2.05, 4.69) is 0 Å². The van der Waals surface area contributed by atoms with Gasteiger partial charge in [-0.05, 0) is 31.0 Å². The lowest BCUT2D eigenvalue weighted by Crippen LogP contribution is -2.32. The van der Waals surface area contributed by atoms with Gasteiger partial charge in [-0.2, -0.15) is 0 Å². The highest BCUT2D eigenvalue weighted by molar-refractivity contribution is 5.91. The van der Waals surface area contributed by atoms with Crippen molar-refractivity contribution < 1.29 is 18.7 Å². The highest BCUT2D eigenvalue weighted by Gasteiger charge is 2.19. The molecule has 1 aromatic carbocycles. The van der Waals surface area contributed by atoms with Crippen LogP contribution in [0.2, 0.25) is 0 Å². The van der Waals surface area contributed by atoms with Crippen molar-refractivity contribution in [1.82, 2.24) is 4.90 Å². The molecule has 1 amide bonds. The molecule has 102 valence electrons. The minimum Gasteiger partial charge on any atom is -0.452 e. The molecule has 1 fully saturated rings. The van der Waals surface area contributed by atoms with Crippen molar-refractivity contribution in [2.45, 2.75) is 12.8 Å². The number of carbonyl (C=O) groups is 2. The number of anilines is 1. The van der Waals surface area contributed by atoms with Gasteiger partial charge in [-0.1, -0.05) is 0 Å². The Bertz CT molecular complexity index is 499. The lowest BCUT2D eigenvalue weighted by molar-refractivity contribution is -0.133. The largest absolute Gasteiger partial charge is 0.452 e. The second-order valence-corrected chi connectivity index (χ2v) is 4.40. The Morgan fingerprint density at radius 2 is 2.00 bits per heavy atom. The van der Waals surface area contributed by atoms with Crippen LogP contribution in [0.15, 0.2) is 18.2 Å². The average molecular weight is 266 g/mol. The normalized spacial score (nSPS) is 14.5. The van der Waals surface area contributed by atoms with Crippen LogP contribution >= 0.6 is 0 Å². The lowest BCUT2D eigenvalue weighted by atomic mass is 10.2. The molecular weight excluding hydrogens is 251 g/mol. The Morgan fingerprint density at radius 1 is 1.32 bits per heavy atom. The SMILES string of the molecule is Nc1ccc(C(=O)OCC(=O)N2CCCC2)cc1F. The Labute approximate surface area is 110 Å². The van der Waals surface area contributed by atoms with E-state index in [1.807, 2.05) is 0 Å². The second-order valence-electron chi connectivity index (χ2n) is 4.40. The summed E-state index contributed by atoms with van der Waals surface area (Å²) in [6.45, 7) is 1.09. The molecule has 1 aliphatic rings. The van der Waals surface area contributed by atoms with Crippen molar-refractivity contribution in [2.75, 3.05) is 25.4 Å². The molecule has 1 heterocycles. The molecule has 0 unspecified atom stereocenters. The zero-order valence-corrected chi connectivity index (χ0v) is 10.4. The van der Waals surface area contributed by atoms with E-state index in [0.29, 0.717) is 13.1 Å². The van der Waals surface area contributed by atoms with Crippen molar-refractivity contribution in [3.63, 3.8) is 0 Å². The highest BCUT2D eigenvalue weighted by Crippen LogP contribution is 2.13. The van der Waals surface area contributed by atoms with Gasteiger partial charge in [0, 0.05) is 13.1 Å². The van der Waals surface area contributed by atoms with Crippen LogP contribution in [0.1, 0.15) is 23.2 Å². The first-order valence-corrected chi connectivity index (χ1v) is 6.08. The minimum atomic E-state index is -0.730. The number of benzene rings is 1. The van der Waals surface area contributed by atoms with E-state index in [0.717, 1.165) is 18.9 Å². The number of carbonyl (C=O) groups excluding carboxylic acids is 2.